The zero-order valence-corrected chi connectivity index (χ0v) is 15.8. The van der Waals surface area contributed by atoms with E-state index in [2.05, 4.69) is 30.8 Å². The summed E-state index contributed by atoms with van der Waals surface area (Å²) >= 11 is 3.25. The first-order chi connectivity index (χ1) is 9.77. The van der Waals surface area contributed by atoms with Gasteiger partial charge in [0.1, 0.15) is 4.90 Å². The summed E-state index contributed by atoms with van der Waals surface area (Å²) in [5, 5.41) is 5.66. The molecule has 1 rings (SSSR count). The van der Waals surface area contributed by atoms with Gasteiger partial charge < -0.3 is 5.32 Å². The van der Waals surface area contributed by atoms with Crippen LogP contribution in [0.5, 0.6) is 0 Å². The predicted octanol–water partition coefficient (Wildman–Crippen LogP) is 2.97. The Morgan fingerprint density at radius 3 is 2.57 bits per heavy atom. The van der Waals surface area contributed by atoms with Crippen molar-refractivity contribution in [2.24, 2.45) is 0 Å². The highest BCUT2D eigenvalue weighted by molar-refractivity contribution is 7.99. The highest BCUT2D eigenvalue weighted by Crippen LogP contribution is 2.27. The lowest BCUT2D eigenvalue weighted by atomic mass is 10.3. The Labute approximate surface area is 137 Å². The molecule has 7 heteroatoms. The normalized spacial score (nSPS) is 13.8. The Morgan fingerprint density at radius 2 is 2.00 bits per heavy atom. The lowest BCUT2D eigenvalue weighted by Crippen LogP contribution is -2.28. The molecule has 21 heavy (non-hydrogen) atoms. The fraction of sp³-hybridized carbons (Fsp3) is 0.714. The quantitative estimate of drug-likeness (QED) is 0.719. The molecule has 0 saturated heterocycles. The van der Waals surface area contributed by atoms with Crippen molar-refractivity contribution in [1.82, 2.24) is 10.0 Å². The van der Waals surface area contributed by atoms with Crippen molar-refractivity contribution < 1.29 is 8.42 Å². The van der Waals surface area contributed by atoms with E-state index in [0.717, 1.165) is 16.9 Å². The molecule has 1 atom stereocenters. The van der Waals surface area contributed by atoms with Gasteiger partial charge in [0.25, 0.3) is 0 Å². The van der Waals surface area contributed by atoms with Crippen LogP contribution in [-0.2, 0) is 16.6 Å². The average Bonchev–Trinajstić information content (AvgIpc) is 2.77. The molecule has 0 amide bonds. The van der Waals surface area contributed by atoms with E-state index in [9.17, 15) is 8.42 Å². The Bertz CT molecular complexity index is 538. The van der Waals surface area contributed by atoms with Gasteiger partial charge in [-0.25, -0.2) is 13.1 Å². The van der Waals surface area contributed by atoms with Gasteiger partial charge in [-0.15, -0.1) is 11.3 Å². The Balaban J connectivity index is 2.80. The second kappa shape index (κ2) is 8.53. The Morgan fingerprint density at radius 1 is 1.33 bits per heavy atom. The smallest absolute Gasteiger partial charge is 0.241 e. The maximum Gasteiger partial charge on any atom is 0.241 e. The first-order valence-corrected chi connectivity index (χ1v) is 10.8. The van der Waals surface area contributed by atoms with Gasteiger partial charge in [-0.2, -0.15) is 11.8 Å². The Hall–Kier alpha value is -0.0800. The van der Waals surface area contributed by atoms with Crippen molar-refractivity contribution in [1.29, 1.82) is 0 Å². The summed E-state index contributed by atoms with van der Waals surface area (Å²) in [6.45, 7) is 9.14. The van der Waals surface area contributed by atoms with E-state index in [1.54, 1.807) is 11.8 Å². The summed E-state index contributed by atoms with van der Waals surface area (Å²) in [7, 11) is -3.42. The number of aryl methyl sites for hydroxylation is 1. The molecule has 4 nitrogen and oxygen atoms in total. The second-order valence-electron chi connectivity index (χ2n) is 5.44. The molecule has 1 aromatic rings. The molecular weight excluding hydrogens is 324 g/mol. The molecule has 0 aliphatic carbocycles. The molecule has 0 saturated carbocycles. The van der Waals surface area contributed by atoms with Crippen molar-refractivity contribution in [2.45, 2.75) is 56.8 Å². The van der Waals surface area contributed by atoms with Crippen LogP contribution in [0.4, 0.5) is 0 Å². The molecule has 0 spiro atoms. The zero-order chi connectivity index (χ0) is 16.0. The number of sulfonamides is 1. The average molecular weight is 351 g/mol. The lowest BCUT2D eigenvalue weighted by molar-refractivity contribution is 0.569. The summed E-state index contributed by atoms with van der Waals surface area (Å²) < 4.78 is 27.8. The Kier molecular flexibility index (Phi) is 7.70. The van der Waals surface area contributed by atoms with Crippen molar-refractivity contribution in [2.75, 3.05) is 12.8 Å². The minimum Gasteiger partial charge on any atom is -0.310 e. The molecule has 122 valence electrons. The highest BCUT2D eigenvalue weighted by Gasteiger charge is 2.22. The van der Waals surface area contributed by atoms with Gasteiger partial charge in [-0.3, -0.25) is 0 Å². The first kappa shape index (κ1) is 19.0. The van der Waals surface area contributed by atoms with E-state index >= 15 is 0 Å². The summed E-state index contributed by atoms with van der Waals surface area (Å²) in [6, 6.07) is 0.332. The van der Waals surface area contributed by atoms with Crippen LogP contribution in [0.25, 0.3) is 0 Å². The minimum absolute atomic E-state index is 0.332. The summed E-state index contributed by atoms with van der Waals surface area (Å²) in [4.78, 5) is 1.34. The van der Waals surface area contributed by atoms with Crippen LogP contribution in [0, 0.1) is 6.92 Å². The van der Waals surface area contributed by atoms with Crippen molar-refractivity contribution >= 4 is 33.1 Å². The van der Waals surface area contributed by atoms with Crippen molar-refractivity contribution in [3.8, 4) is 0 Å². The van der Waals surface area contributed by atoms with E-state index in [1.165, 1.54) is 11.3 Å². The van der Waals surface area contributed by atoms with Crippen LogP contribution in [0.3, 0.4) is 0 Å². The van der Waals surface area contributed by atoms with Crippen LogP contribution >= 0.6 is 23.1 Å². The molecule has 0 aliphatic rings. The molecule has 1 heterocycles. The number of nitrogens with one attached hydrogen (secondary N) is 2. The van der Waals surface area contributed by atoms with Gasteiger partial charge >= 0.3 is 0 Å². The van der Waals surface area contributed by atoms with E-state index < -0.39 is 10.0 Å². The molecule has 1 aromatic heterocycles. The fourth-order valence-electron chi connectivity index (χ4n) is 1.85. The third-order valence-corrected chi connectivity index (χ3v) is 7.14. The summed E-state index contributed by atoms with van der Waals surface area (Å²) in [5.74, 6) is 0. The molecule has 0 fully saturated rings. The molecular formula is C14H26N2O2S3. The molecule has 0 aliphatic heterocycles. The third-order valence-electron chi connectivity index (χ3n) is 3.17. The lowest BCUT2D eigenvalue weighted by Gasteiger charge is -2.12. The number of hydrogen-bond donors (Lipinski definition) is 2. The van der Waals surface area contributed by atoms with E-state index in [1.807, 2.05) is 18.6 Å². The SMILES string of the molecule is CSC(C)CCNS(=O)(=O)c1c(C)csc1CNC(C)C. The molecule has 0 aromatic carbocycles. The molecule has 2 N–H and O–H groups in total. The third kappa shape index (κ3) is 5.90. The van der Waals surface area contributed by atoms with Crippen molar-refractivity contribution in [3.63, 3.8) is 0 Å². The van der Waals surface area contributed by atoms with Crippen LogP contribution in [0.15, 0.2) is 10.3 Å². The largest absolute Gasteiger partial charge is 0.310 e. The van der Waals surface area contributed by atoms with Gasteiger partial charge in [0, 0.05) is 29.3 Å². The molecule has 0 bridgehead atoms. The molecule has 1 unspecified atom stereocenters. The van der Waals surface area contributed by atoms with E-state index in [-0.39, 0.29) is 0 Å². The van der Waals surface area contributed by atoms with Gasteiger partial charge in [-0.1, -0.05) is 20.8 Å². The molecule has 0 radical (unpaired) electrons. The maximum absolute atomic E-state index is 12.5. The van der Waals surface area contributed by atoms with Crippen molar-refractivity contribution in [3.05, 3.63) is 15.8 Å². The number of rotatable bonds is 9. The standard InChI is InChI=1S/C14H26N2O2S3/c1-10(2)15-8-13-14(11(3)9-20-13)21(17,18)16-7-6-12(4)19-5/h9-10,12,15-16H,6-8H2,1-5H3. The summed E-state index contributed by atoms with van der Waals surface area (Å²) in [6.07, 6.45) is 2.88. The minimum atomic E-state index is -3.42. The number of hydrogen-bond acceptors (Lipinski definition) is 5. The van der Waals surface area contributed by atoms with Gasteiger partial charge in [0.15, 0.2) is 0 Å². The van der Waals surface area contributed by atoms with Crippen LogP contribution in [0.1, 0.15) is 37.6 Å². The number of thioether (sulfide) groups is 1. The topological polar surface area (TPSA) is 58.2 Å². The second-order valence-corrected chi connectivity index (χ2v) is 9.38. The van der Waals surface area contributed by atoms with Crippen LogP contribution in [0.2, 0.25) is 0 Å². The first-order valence-electron chi connectivity index (χ1n) is 7.10. The number of thiophene rings is 1. The van der Waals surface area contributed by atoms with E-state index in [4.69, 9.17) is 0 Å². The highest BCUT2D eigenvalue weighted by atomic mass is 32.2. The fourth-order valence-corrected chi connectivity index (χ4v) is 5.01. The zero-order valence-electron chi connectivity index (χ0n) is 13.4. The monoisotopic (exact) mass is 350 g/mol. The van der Waals surface area contributed by atoms with Gasteiger partial charge in [-0.05, 0) is 30.5 Å². The van der Waals surface area contributed by atoms with Gasteiger partial charge in [0.2, 0.25) is 10.0 Å². The van der Waals surface area contributed by atoms with Gasteiger partial charge in [0.05, 0.1) is 0 Å². The summed E-state index contributed by atoms with van der Waals surface area (Å²) in [5.41, 5.74) is 0.825. The van der Waals surface area contributed by atoms with E-state index in [0.29, 0.717) is 29.3 Å². The predicted molar refractivity (Wildman–Crippen MR) is 93.8 cm³/mol. The maximum atomic E-state index is 12.5. The van der Waals surface area contributed by atoms with Crippen LogP contribution < -0.4 is 10.0 Å². The van der Waals surface area contributed by atoms with Crippen LogP contribution in [-0.4, -0.2) is 32.5 Å².